The monoisotopic (exact) mass is 108 g/mol. The van der Waals surface area contributed by atoms with Crippen molar-refractivity contribution in [2.75, 3.05) is 0 Å². The first-order chi connectivity index (χ1) is 3.79. The third-order valence-electron chi connectivity index (χ3n) is 2.66. The van der Waals surface area contributed by atoms with Crippen molar-refractivity contribution in [3.8, 4) is 0 Å². The molecule has 2 rings (SSSR count). The Morgan fingerprint density at radius 3 is 2.62 bits per heavy atom. The summed E-state index contributed by atoms with van der Waals surface area (Å²) in [6.07, 6.45) is 9.15. The van der Waals surface area contributed by atoms with Crippen LogP contribution in [0.5, 0.6) is 0 Å². The molecule has 0 heterocycles. The van der Waals surface area contributed by atoms with Crippen molar-refractivity contribution < 1.29 is 0 Å². The first-order valence-electron chi connectivity index (χ1n) is 3.54. The predicted molar refractivity (Wildman–Crippen MR) is 33.3 cm³/mol. The Morgan fingerprint density at radius 1 is 1.62 bits per heavy atom. The Kier molecular flexibility index (Phi) is 0.778. The molecule has 2 fully saturated rings. The number of rotatable bonds is 0. The zero-order chi connectivity index (χ0) is 5.61. The first kappa shape index (κ1) is 4.84. The fraction of sp³-hybridized carbons (Fsp3) is 0.875. The molecule has 2 saturated carbocycles. The lowest BCUT2D eigenvalue weighted by Crippen LogP contribution is -2.07. The molecule has 44 valence electrons. The van der Waals surface area contributed by atoms with Crippen LogP contribution in [0.4, 0.5) is 0 Å². The number of hydrogen-bond acceptors (Lipinski definition) is 0. The standard InChI is InChI=1S/C8H12/c1-8-4-2-7(6-8)3-5-8/h7H,2-4,6H2,1H3. The summed E-state index contributed by atoms with van der Waals surface area (Å²) >= 11 is 0. The van der Waals surface area contributed by atoms with Gasteiger partial charge in [0, 0.05) is 0 Å². The highest BCUT2D eigenvalue weighted by Gasteiger charge is 2.41. The molecule has 0 aromatic rings. The fourth-order valence-electron chi connectivity index (χ4n) is 2.09. The number of fused-ring (bicyclic) bond motifs is 2. The van der Waals surface area contributed by atoms with Gasteiger partial charge in [0.05, 0.1) is 0 Å². The lowest BCUT2D eigenvalue weighted by atomic mass is 9.87. The van der Waals surface area contributed by atoms with E-state index in [0.717, 1.165) is 5.92 Å². The van der Waals surface area contributed by atoms with E-state index < -0.39 is 0 Å². The summed E-state index contributed by atoms with van der Waals surface area (Å²) in [6, 6.07) is 0. The second-order valence-corrected chi connectivity index (χ2v) is 3.55. The molecular formula is C8H12. The van der Waals surface area contributed by atoms with Gasteiger partial charge in [0.1, 0.15) is 0 Å². The van der Waals surface area contributed by atoms with Gasteiger partial charge in [-0.1, -0.05) is 6.92 Å². The Labute approximate surface area is 51.3 Å². The van der Waals surface area contributed by atoms with E-state index in [2.05, 4.69) is 13.3 Å². The van der Waals surface area contributed by atoms with Crippen LogP contribution in [0.3, 0.4) is 0 Å². The summed E-state index contributed by atoms with van der Waals surface area (Å²) in [6.45, 7) is 2.35. The second-order valence-electron chi connectivity index (χ2n) is 3.55. The summed E-state index contributed by atoms with van der Waals surface area (Å²) in [5.41, 5.74) is 0.560. The van der Waals surface area contributed by atoms with Crippen molar-refractivity contribution in [2.45, 2.75) is 32.6 Å². The molecular weight excluding hydrogens is 96.1 g/mol. The average molecular weight is 108 g/mol. The lowest BCUT2D eigenvalue weighted by molar-refractivity contribution is 0.421. The van der Waals surface area contributed by atoms with Crippen LogP contribution in [0.25, 0.3) is 0 Å². The summed E-state index contributed by atoms with van der Waals surface area (Å²) in [5.74, 6) is 1.03. The second kappa shape index (κ2) is 1.29. The third kappa shape index (κ3) is 0.519. The van der Waals surface area contributed by atoms with Crippen LogP contribution in [0, 0.1) is 17.8 Å². The van der Waals surface area contributed by atoms with E-state index in [1.54, 1.807) is 0 Å². The maximum Gasteiger partial charge on any atom is -0.0106 e. The van der Waals surface area contributed by atoms with Gasteiger partial charge in [0.25, 0.3) is 0 Å². The van der Waals surface area contributed by atoms with Gasteiger partial charge in [-0.15, -0.1) is 0 Å². The van der Waals surface area contributed by atoms with E-state index in [9.17, 15) is 0 Å². The van der Waals surface area contributed by atoms with E-state index in [1.807, 2.05) is 0 Å². The van der Waals surface area contributed by atoms with Gasteiger partial charge >= 0.3 is 0 Å². The summed E-state index contributed by atoms with van der Waals surface area (Å²) in [5, 5.41) is 0. The fourth-order valence-corrected chi connectivity index (χ4v) is 2.09. The van der Waals surface area contributed by atoms with Gasteiger partial charge in [-0.05, 0) is 43.4 Å². The summed E-state index contributed by atoms with van der Waals surface area (Å²) in [4.78, 5) is 0. The summed E-state index contributed by atoms with van der Waals surface area (Å²) < 4.78 is 0. The maximum absolute atomic E-state index is 3.53. The van der Waals surface area contributed by atoms with Crippen LogP contribution in [0.1, 0.15) is 32.6 Å². The maximum atomic E-state index is 3.53. The molecule has 2 unspecified atom stereocenters. The van der Waals surface area contributed by atoms with Gasteiger partial charge in [-0.25, -0.2) is 0 Å². The van der Waals surface area contributed by atoms with Gasteiger partial charge in [0.2, 0.25) is 0 Å². The molecule has 8 heavy (non-hydrogen) atoms. The predicted octanol–water partition coefficient (Wildman–Crippen LogP) is 2.28. The highest BCUT2D eigenvalue weighted by molar-refractivity contribution is 5.03. The molecule has 0 aliphatic heterocycles. The molecule has 2 aliphatic carbocycles. The van der Waals surface area contributed by atoms with Crippen molar-refractivity contribution >= 4 is 0 Å². The van der Waals surface area contributed by atoms with Crippen molar-refractivity contribution in [3.05, 3.63) is 6.42 Å². The zero-order valence-electron chi connectivity index (χ0n) is 5.41. The molecule has 0 aromatic carbocycles. The normalized spacial score (nSPS) is 52.9. The van der Waals surface area contributed by atoms with Gasteiger partial charge in [-0.3, -0.25) is 0 Å². The van der Waals surface area contributed by atoms with Crippen molar-refractivity contribution in [3.63, 3.8) is 0 Å². The van der Waals surface area contributed by atoms with Crippen LogP contribution in [0.2, 0.25) is 0 Å². The first-order valence-corrected chi connectivity index (χ1v) is 3.54. The molecule has 0 heteroatoms. The molecule has 0 spiro atoms. The lowest BCUT2D eigenvalue weighted by Gasteiger charge is -2.18. The van der Waals surface area contributed by atoms with Gasteiger partial charge in [0.15, 0.2) is 0 Å². The molecule has 2 aliphatic rings. The minimum atomic E-state index is 0.560. The molecule has 2 radical (unpaired) electrons. The average Bonchev–Trinajstić information content (AvgIpc) is 2.21. The minimum absolute atomic E-state index is 0.560. The van der Waals surface area contributed by atoms with Crippen LogP contribution in [-0.4, -0.2) is 0 Å². The highest BCUT2D eigenvalue weighted by Crippen LogP contribution is 2.52. The summed E-state index contributed by atoms with van der Waals surface area (Å²) in [7, 11) is 0. The zero-order valence-corrected chi connectivity index (χ0v) is 5.41. The Morgan fingerprint density at radius 2 is 2.50 bits per heavy atom. The molecule has 0 N–H and O–H groups in total. The minimum Gasteiger partial charge on any atom is -0.0591 e. The van der Waals surface area contributed by atoms with Crippen LogP contribution in [-0.2, 0) is 0 Å². The Hall–Kier alpha value is 0. The van der Waals surface area contributed by atoms with Crippen molar-refractivity contribution in [1.29, 1.82) is 0 Å². The van der Waals surface area contributed by atoms with E-state index in [-0.39, 0.29) is 0 Å². The van der Waals surface area contributed by atoms with Gasteiger partial charge in [-0.2, -0.15) is 0 Å². The van der Waals surface area contributed by atoms with E-state index in [1.165, 1.54) is 25.7 Å². The molecule has 0 aromatic heterocycles. The molecule has 0 saturated heterocycles. The topological polar surface area (TPSA) is 0 Å². The van der Waals surface area contributed by atoms with Crippen LogP contribution < -0.4 is 0 Å². The van der Waals surface area contributed by atoms with E-state index >= 15 is 0 Å². The third-order valence-corrected chi connectivity index (χ3v) is 2.66. The molecule has 0 amide bonds. The molecule has 2 atom stereocenters. The van der Waals surface area contributed by atoms with Crippen LogP contribution >= 0.6 is 0 Å². The van der Waals surface area contributed by atoms with E-state index in [0.29, 0.717) is 5.41 Å². The largest absolute Gasteiger partial charge is 0.0591 e. The highest BCUT2D eigenvalue weighted by atomic mass is 14.5. The quantitative estimate of drug-likeness (QED) is 0.446. The number of hydrogen-bond donors (Lipinski definition) is 0. The smallest absolute Gasteiger partial charge is 0.0106 e. The van der Waals surface area contributed by atoms with E-state index in [4.69, 9.17) is 0 Å². The van der Waals surface area contributed by atoms with Crippen molar-refractivity contribution in [2.24, 2.45) is 11.3 Å². The Balaban J connectivity index is 2.19. The SMILES string of the molecule is CC12[C]CC(CC1)C2. The van der Waals surface area contributed by atoms with Crippen molar-refractivity contribution in [1.82, 2.24) is 0 Å². The molecule has 0 nitrogen and oxygen atoms in total. The Bertz CT molecular complexity index is 96.6. The van der Waals surface area contributed by atoms with Gasteiger partial charge < -0.3 is 0 Å². The van der Waals surface area contributed by atoms with Crippen LogP contribution in [0.15, 0.2) is 0 Å². The molecule has 2 bridgehead atoms.